The highest BCUT2D eigenvalue weighted by atomic mass is 32.1. The molecule has 0 amide bonds. The molecule has 0 bridgehead atoms. The van der Waals surface area contributed by atoms with E-state index in [1.807, 2.05) is 0 Å². The Bertz CT molecular complexity index is 415. The Kier molecular flexibility index (Phi) is 5.14. The Morgan fingerprint density at radius 3 is 2.94 bits per heavy atom. The van der Waals surface area contributed by atoms with Crippen molar-refractivity contribution in [2.24, 2.45) is 5.73 Å². The highest BCUT2D eigenvalue weighted by Gasteiger charge is 2.04. The highest BCUT2D eigenvalue weighted by Crippen LogP contribution is 1.96. The van der Waals surface area contributed by atoms with Crippen molar-refractivity contribution in [3.63, 3.8) is 0 Å². The first-order valence-electron chi connectivity index (χ1n) is 5.15. The summed E-state index contributed by atoms with van der Waals surface area (Å²) in [6.45, 7) is 1.38. The molecule has 0 aliphatic carbocycles. The number of nitrogens with two attached hydrogens (primary N) is 1. The van der Waals surface area contributed by atoms with E-state index in [0.29, 0.717) is 18.7 Å². The van der Waals surface area contributed by atoms with Crippen LogP contribution in [-0.4, -0.2) is 23.3 Å². The lowest BCUT2D eigenvalue weighted by Crippen LogP contribution is -2.28. The lowest BCUT2D eigenvalue weighted by molar-refractivity contribution is 0.191. The van der Waals surface area contributed by atoms with E-state index in [4.69, 9.17) is 22.7 Å². The van der Waals surface area contributed by atoms with Gasteiger partial charge in [-0.25, -0.2) is 0 Å². The van der Waals surface area contributed by atoms with E-state index in [0.717, 1.165) is 12.8 Å². The van der Waals surface area contributed by atoms with Crippen LogP contribution in [0.1, 0.15) is 18.4 Å². The molecule has 0 unspecified atom stereocenters. The number of hydrogen-bond acceptors (Lipinski definition) is 3. The van der Waals surface area contributed by atoms with Crippen molar-refractivity contribution >= 4 is 17.2 Å². The van der Waals surface area contributed by atoms with Gasteiger partial charge in [0.15, 0.2) is 0 Å². The van der Waals surface area contributed by atoms with Gasteiger partial charge in [-0.1, -0.05) is 12.2 Å². The Morgan fingerprint density at radius 2 is 2.31 bits per heavy atom. The molecule has 16 heavy (non-hydrogen) atoms. The Morgan fingerprint density at radius 1 is 1.56 bits per heavy atom. The number of ether oxygens (including phenoxy) is 1. The van der Waals surface area contributed by atoms with Crippen LogP contribution < -0.4 is 11.3 Å². The van der Waals surface area contributed by atoms with Crippen molar-refractivity contribution in [1.29, 1.82) is 0 Å². The predicted octanol–water partition coefficient (Wildman–Crippen LogP) is 0.909. The second kappa shape index (κ2) is 6.40. The zero-order valence-electron chi connectivity index (χ0n) is 9.31. The lowest BCUT2D eigenvalue weighted by atomic mass is 10.2. The first kappa shape index (κ1) is 12.9. The summed E-state index contributed by atoms with van der Waals surface area (Å²) >= 11 is 4.81. The number of thiocarbonyl (C=S) groups is 1. The van der Waals surface area contributed by atoms with Crippen LogP contribution in [0.25, 0.3) is 0 Å². The van der Waals surface area contributed by atoms with E-state index in [9.17, 15) is 4.79 Å². The van der Waals surface area contributed by atoms with Crippen LogP contribution in [0.15, 0.2) is 23.1 Å². The summed E-state index contributed by atoms with van der Waals surface area (Å²) in [5, 5.41) is 0. The van der Waals surface area contributed by atoms with Crippen LogP contribution >= 0.6 is 12.2 Å². The lowest BCUT2D eigenvalue weighted by Gasteiger charge is -2.06. The van der Waals surface area contributed by atoms with Gasteiger partial charge in [0.25, 0.3) is 5.56 Å². The van der Waals surface area contributed by atoms with Crippen molar-refractivity contribution in [3.8, 4) is 0 Å². The van der Waals surface area contributed by atoms with Crippen LogP contribution in [0.5, 0.6) is 0 Å². The van der Waals surface area contributed by atoms with Crippen molar-refractivity contribution in [2.75, 3.05) is 13.7 Å². The molecule has 0 aliphatic heterocycles. The number of aromatic nitrogens is 1. The summed E-state index contributed by atoms with van der Waals surface area (Å²) in [6, 6.07) is 3.43. The largest absolute Gasteiger partial charge is 0.389 e. The van der Waals surface area contributed by atoms with E-state index >= 15 is 0 Å². The number of rotatable bonds is 6. The smallest absolute Gasteiger partial charge is 0.260 e. The van der Waals surface area contributed by atoms with Gasteiger partial charge in [-0.2, -0.15) is 0 Å². The van der Waals surface area contributed by atoms with Crippen molar-refractivity contribution in [3.05, 3.63) is 34.2 Å². The minimum atomic E-state index is -0.118. The van der Waals surface area contributed by atoms with Gasteiger partial charge in [0.2, 0.25) is 0 Å². The molecule has 0 aliphatic rings. The second-order valence-corrected chi connectivity index (χ2v) is 3.92. The molecule has 0 saturated heterocycles. The molecule has 0 spiro atoms. The van der Waals surface area contributed by atoms with Gasteiger partial charge < -0.3 is 15.0 Å². The van der Waals surface area contributed by atoms with Gasteiger partial charge in [-0.15, -0.1) is 0 Å². The third kappa shape index (κ3) is 3.43. The summed E-state index contributed by atoms with van der Waals surface area (Å²) in [4.78, 5) is 12.0. The molecule has 5 heteroatoms. The first-order chi connectivity index (χ1) is 7.66. The van der Waals surface area contributed by atoms with Gasteiger partial charge in [-0.05, 0) is 25.0 Å². The summed E-state index contributed by atoms with van der Waals surface area (Å²) < 4.78 is 6.57. The van der Waals surface area contributed by atoms with E-state index in [2.05, 4.69) is 0 Å². The molecule has 1 heterocycles. The Labute approximate surface area is 100 Å². The topological polar surface area (TPSA) is 57.2 Å². The van der Waals surface area contributed by atoms with E-state index in [-0.39, 0.29) is 10.5 Å². The van der Waals surface area contributed by atoms with Crippen LogP contribution in [0.3, 0.4) is 0 Å². The molecule has 88 valence electrons. The number of aryl methyl sites for hydroxylation is 1. The number of methoxy groups -OCH3 is 1. The summed E-state index contributed by atoms with van der Waals surface area (Å²) in [7, 11) is 1.67. The van der Waals surface area contributed by atoms with Crippen molar-refractivity contribution < 1.29 is 4.74 Å². The van der Waals surface area contributed by atoms with E-state index in [1.165, 1.54) is 0 Å². The molecule has 4 nitrogen and oxygen atoms in total. The maximum atomic E-state index is 11.8. The number of hydrogen-bond donors (Lipinski definition) is 1. The molecule has 2 N–H and O–H groups in total. The maximum absolute atomic E-state index is 11.8. The number of unbranched alkanes of at least 4 members (excludes halogenated alkanes) is 1. The van der Waals surface area contributed by atoms with Gasteiger partial charge >= 0.3 is 0 Å². The zero-order valence-corrected chi connectivity index (χ0v) is 10.1. The molecule has 0 aromatic carbocycles. The van der Waals surface area contributed by atoms with Gasteiger partial charge in [-0.3, -0.25) is 4.79 Å². The third-order valence-corrected chi connectivity index (χ3v) is 2.50. The average molecular weight is 240 g/mol. The molecular weight excluding hydrogens is 224 g/mol. The van der Waals surface area contributed by atoms with Crippen LogP contribution in [0.2, 0.25) is 0 Å². The zero-order chi connectivity index (χ0) is 12.0. The van der Waals surface area contributed by atoms with Crippen molar-refractivity contribution in [1.82, 2.24) is 4.57 Å². The van der Waals surface area contributed by atoms with Gasteiger partial charge in [0.1, 0.15) is 4.99 Å². The van der Waals surface area contributed by atoms with E-state index < -0.39 is 0 Å². The predicted molar refractivity (Wildman–Crippen MR) is 67.7 cm³/mol. The van der Waals surface area contributed by atoms with Crippen molar-refractivity contribution in [2.45, 2.75) is 19.4 Å². The Balaban J connectivity index is 2.70. The molecule has 0 fully saturated rings. The summed E-state index contributed by atoms with van der Waals surface area (Å²) in [6.07, 6.45) is 3.58. The Hall–Kier alpha value is -1.20. The second-order valence-electron chi connectivity index (χ2n) is 3.48. The van der Waals surface area contributed by atoms with Crippen LogP contribution in [0, 0.1) is 0 Å². The first-order valence-corrected chi connectivity index (χ1v) is 5.56. The SMILES string of the molecule is COCCCCn1cccc(C(N)=S)c1=O. The molecule has 1 rings (SSSR count). The quantitative estimate of drug-likeness (QED) is 0.593. The molecule has 1 aromatic heterocycles. The number of pyridine rings is 1. The normalized spacial score (nSPS) is 10.3. The fourth-order valence-corrected chi connectivity index (χ4v) is 1.58. The molecular formula is C11H16N2O2S. The highest BCUT2D eigenvalue weighted by molar-refractivity contribution is 7.80. The monoisotopic (exact) mass is 240 g/mol. The van der Waals surface area contributed by atoms with E-state index in [1.54, 1.807) is 30.0 Å². The standard InChI is InChI=1S/C11H16N2O2S/c1-15-8-3-2-6-13-7-4-5-9(10(12)16)11(13)14/h4-5,7H,2-3,6,8H2,1H3,(H2,12,16). The molecule has 1 aromatic rings. The fraction of sp³-hybridized carbons (Fsp3) is 0.455. The average Bonchev–Trinajstić information content (AvgIpc) is 2.26. The van der Waals surface area contributed by atoms with Crippen LogP contribution in [-0.2, 0) is 11.3 Å². The molecule has 0 radical (unpaired) electrons. The maximum Gasteiger partial charge on any atom is 0.260 e. The summed E-state index contributed by atoms with van der Waals surface area (Å²) in [5.74, 6) is 0. The third-order valence-electron chi connectivity index (χ3n) is 2.28. The molecule has 0 saturated carbocycles. The minimum absolute atomic E-state index is 0.118. The molecule has 0 atom stereocenters. The summed E-state index contributed by atoms with van der Waals surface area (Å²) in [5.41, 5.74) is 5.75. The van der Waals surface area contributed by atoms with Gasteiger partial charge in [0.05, 0.1) is 5.56 Å². The van der Waals surface area contributed by atoms with Gasteiger partial charge in [0, 0.05) is 26.5 Å². The van der Waals surface area contributed by atoms with Crippen LogP contribution in [0.4, 0.5) is 0 Å². The fourth-order valence-electron chi connectivity index (χ4n) is 1.43. The number of nitrogens with zero attached hydrogens (tertiary/aromatic N) is 1. The minimum Gasteiger partial charge on any atom is -0.389 e.